The van der Waals surface area contributed by atoms with E-state index in [1.807, 2.05) is 12.1 Å². The quantitative estimate of drug-likeness (QED) is 0.628. The molecule has 2 rings (SSSR count). The second-order valence-electron chi connectivity index (χ2n) is 4.60. The van der Waals surface area contributed by atoms with E-state index >= 15 is 0 Å². The van der Waals surface area contributed by atoms with E-state index in [1.54, 1.807) is 20.3 Å². The lowest BCUT2D eigenvalue weighted by molar-refractivity contribution is 0.366. The Balaban J connectivity index is 2.60. The summed E-state index contributed by atoms with van der Waals surface area (Å²) in [6.07, 6.45) is 5.52. The molecule has 4 nitrogen and oxygen atoms in total. The lowest BCUT2D eigenvalue weighted by Gasteiger charge is -2.26. The first-order valence-electron chi connectivity index (χ1n) is 6.18. The Morgan fingerprint density at radius 2 is 1.95 bits per heavy atom. The van der Waals surface area contributed by atoms with Crippen molar-refractivity contribution in [3.63, 3.8) is 0 Å². The number of hydrogen-bond acceptors (Lipinski definition) is 4. The zero-order chi connectivity index (χ0) is 13.9. The molecule has 0 aliphatic heterocycles. The highest BCUT2D eigenvalue weighted by molar-refractivity contribution is 9.10. The molecule has 0 aromatic heterocycles. The third kappa shape index (κ3) is 2.40. The van der Waals surface area contributed by atoms with Crippen LogP contribution in [0.2, 0.25) is 0 Å². The minimum absolute atomic E-state index is 0.498. The summed E-state index contributed by atoms with van der Waals surface area (Å²) >= 11 is 3.48. The summed E-state index contributed by atoms with van der Waals surface area (Å²) in [7, 11) is 3.21. The second kappa shape index (κ2) is 5.76. The molecular formula is C14H16BrNO3. The second-order valence-corrected chi connectivity index (χ2v) is 5.40. The summed E-state index contributed by atoms with van der Waals surface area (Å²) < 4.78 is 11.5. The van der Waals surface area contributed by atoms with Gasteiger partial charge in [-0.25, -0.2) is 4.79 Å². The Morgan fingerprint density at radius 3 is 2.47 bits per heavy atom. The van der Waals surface area contributed by atoms with Gasteiger partial charge in [0.15, 0.2) is 0 Å². The summed E-state index contributed by atoms with van der Waals surface area (Å²) in [6, 6.07) is 3.79. The standard InChI is InChI=1S/C14H16BrNO3/c1-18-11-6-5-10(13(19-2)12(11)15)14(16-9-17)7-3-4-8-14/h5-6H,3-4,7-8H2,1-2H3. The fourth-order valence-corrected chi connectivity index (χ4v) is 3.42. The molecule has 1 saturated carbocycles. The van der Waals surface area contributed by atoms with Crippen molar-refractivity contribution in [2.75, 3.05) is 14.2 Å². The highest BCUT2D eigenvalue weighted by Crippen LogP contribution is 2.49. The van der Waals surface area contributed by atoms with Gasteiger partial charge in [0.05, 0.1) is 14.2 Å². The summed E-state index contributed by atoms with van der Waals surface area (Å²) in [5, 5.41) is 0. The van der Waals surface area contributed by atoms with Gasteiger partial charge in [0.1, 0.15) is 21.5 Å². The van der Waals surface area contributed by atoms with E-state index in [-0.39, 0.29) is 0 Å². The number of halogens is 1. The van der Waals surface area contributed by atoms with Crippen LogP contribution in [0.5, 0.6) is 11.5 Å². The van der Waals surface area contributed by atoms with Crippen molar-refractivity contribution in [2.45, 2.75) is 31.2 Å². The van der Waals surface area contributed by atoms with Crippen LogP contribution in [0.25, 0.3) is 0 Å². The third-order valence-corrected chi connectivity index (χ3v) is 4.43. The molecule has 0 N–H and O–H groups in total. The zero-order valence-electron chi connectivity index (χ0n) is 11.0. The molecule has 5 heteroatoms. The summed E-state index contributed by atoms with van der Waals surface area (Å²) in [6.45, 7) is 0. The topological polar surface area (TPSA) is 47.9 Å². The van der Waals surface area contributed by atoms with E-state index in [9.17, 15) is 4.79 Å². The van der Waals surface area contributed by atoms with E-state index in [4.69, 9.17) is 9.47 Å². The molecular weight excluding hydrogens is 310 g/mol. The predicted molar refractivity (Wildman–Crippen MR) is 75.5 cm³/mol. The highest BCUT2D eigenvalue weighted by atomic mass is 79.9. The lowest BCUT2D eigenvalue weighted by atomic mass is 9.88. The highest BCUT2D eigenvalue weighted by Gasteiger charge is 2.39. The molecule has 1 aliphatic carbocycles. The van der Waals surface area contributed by atoms with Crippen molar-refractivity contribution in [2.24, 2.45) is 4.99 Å². The van der Waals surface area contributed by atoms with E-state index in [0.717, 1.165) is 35.7 Å². The fourth-order valence-electron chi connectivity index (χ4n) is 2.75. The van der Waals surface area contributed by atoms with Crippen LogP contribution in [0, 0.1) is 0 Å². The van der Waals surface area contributed by atoms with Crippen molar-refractivity contribution in [1.82, 2.24) is 0 Å². The van der Waals surface area contributed by atoms with E-state index in [0.29, 0.717) is 11.5 Å². The molecule has 0 amide bonds. The molecule has 0 radical (unpaired) electrons. The Morgan fingerprint density at radius 1 is 1.26 bits per heavy atom. The van der Waals surface area contributed by atoms with Crippen LogP contribution in [0.15, 0.2) is 21.6 Å². The SMILES string of the molecule is COc1ccc(C2(N=C=O)CCCC2)c(OC)c1Br. The minimum Gasteiger partial charge on any atom is -0.495 e. The first kappa shape index (κ1) is 14.1. The molecule has 19 heavy (non-hydrogen) atoms. The first-order valence-corrected chi connectivity index (χ1v) is 6.98. The van der Waals surface area contributed by atoms with Crippen molar-refractivity contribution in [3.05, 3.63) is 22.2 Å². The Bertz CT molecular complexity index is 518. The number of ether oxygens (including phenoxy) is 2. The lowest BCUT2D eigenvalue weighted by Crippen LogP contribution is -2.20. The largest absolute Gasteiger partial charge is 0.495 e. The zero-order valence-corrected chi connectivity index (χ0v) is 12.6. The maximum absolute atomic E-state index is 10.8. The van der Waals surface area contributed by atoms with Gasteiger partial charge in [-0.15, -0.1) is 0 Å². The van der Waals surface area contributed by atoms with Crippen molar-refractivity contribution >= 4 is 22.0 Å². The number of isocyanates is 1. The number of nitrogens with zero attached hydrogens (tertiary/aromatic N) is 1. The molecule has 1 aromatic carbocycles. The van der Waals surface area contributed by atoms with Gasteiger partial charge in [-0.1, -0.05) is 12.8 Å². The van der Waals surface area contributed by atoms with Crippen molar-refractivity contribution in [1.29, 1.82) is 0 Å². The first-order chi connectivity index (χ1) is 9.18. The normalized spacial score (nSPS) is 16.8. The maximum atomic E-state index is 10.8. The van der Waals surface area contributed by atoms with Gasteiger partial charge in [-0.2, -0.15) is 4.99 Å². The van der Waals surface area contributed by atoms with Crippen LogP contribution in [0.3, 0.4) is 0 Å². The number of carbonyl (C=O) groups excluding carboxylic acids is 1. The number of rotatable bonds is 4. The summed E-state index contributed by atoms with van der Waals surface area (Å²) in [4.78, 5) is 14.9. The average Bonchev–Trinajstić information content (AvgIpc) is 2.88. The Kier molecular flexibility index (Phi) is 4.27. The van der Waals surface area contributed by atoms with Gasteiger partial charge in [-0.05, 0) is 40.9 Å². The molecule has 1 fully saturated rings. The monoisotopic (exact) mass is 325 g/mol. The van der Waals surface area contributed by atoms with Gasteiger partial charge in [0, 0.05) is 5.56 Å². The van der Waals surface area contributed by atoms with Crippen LogP contribution in [-0.2, 0) is 10.3 Å². The van der Waals surface area contributed by atoms with Crippen LogP contribution < -0.4 is 9.47 Å². The van der Waals surface area contributed by atoms with Gasteiger partial charge < -0.3 is 9.47 Å². The Labute approximate surface area is 120 Å². The molecule has 1 aromatic rings. The number of benzene rings is 1. The molecule has 0 unspecified atom stereocenters. The summed E-state index contributed by atoms with van der Waals surface area (Å²) in [5.41, 5.74) is 0.422. The van der Waals surface area contributed by atoms with Crippen LogP contribution >= 0.6 is 15.9 Å². The molecule has 0 saturated heterocycles. The van der Waals surface area contributed by atoms with E-state index in [1.165, 1.54) is 0 Å². The van der Waals surface area contributed by atoms with Crippen LogP contribution in [0.4, 0.5) is 0 Å². The molecule has 0 spiro atoms. The third-order valence-electron chi connectivity index (χ3n) is 3.68. The van der Waals surface area contributed by atoms with Crippen molar-refractivity contribution in [3.8, 4) is 11.5 Å². The summed E-state index contributed by atoms with van der Waals surface area (Å²) in [5.74, 6) is 1.38. The maximum Gasteiger partial charge on any atom is 0.235 e. The molecule has 0 heterocycles. The molecule has 0 bridgehead atoms. The average molecular weight is 326 g/mol. The Hall–Kier alpha value is -1.32. The smallest absolute Gasteiger partial charge is 0.235 e. The van der Waals surface area contributed by atoms with E-state index < -0.39 is 5.54 Å². The molecule has 0 atom stereocenters. The minimum atomic E-state index is -0.498. The van der Waals surface area contributed by atoms with Crippen LogP contribution in [-0.4, -0.2) is 20.3 Å². The number of hydrogen-bond donors (Lipinski definition) is 0. The van der Waals surface area contributed by atoms with Gasteiger partial charge >= 0.3 is 0 Å². The predicted octanol–water partition coefficient (Wildman–Crippen LogP) is 3.57. The van der Waals surface area contributed by atoms with Gasteiger partial charge in [-0.3, -0.25) is 0 Å². The fraction of sp³-hybridized carbons (Fsp3) is 0.500. The number of aliphatic imine (C=N–C) groups is 1. The van der Waals surface area contributed by atoms with E-state index in [2.05, 4.69) is 20.9 Å². The van der Waals surface area contributed by atoms with Crippen LogP contribution in [0.1, 0.15) is 31.2 Å². The van der Waals surface area contributed by atoms with Gasteiger partial charge in [0.25, 0.3) is 0 Å². The molecule has 1 aliphatic rings. The number of methoxy groups -OCH3 is 2. The van der Waals surface area contributed by atoms with Gasteiger partial charge in [0.2, 0.25) is 6.08 Å². The van der Waals surface area contributed by atoms with Crippen molar-refractivity contribution < 1.29 is 14.3 Å². The molecule has 102 valence electrons.